The topological polar surface area (TPSA) is 0 Å². The van der Waals surface area contributed by atoms with Crippen LogP contribution in [-0.2, 0) is 12.8 Å². The van der Waals surface area contributed by atoms with Crippen molar-refractivity contribution in [1.82, 2.24) is 0 Å². The number of rotatable bonds is 6. The van der Waals surface area contributed by atoms with Gasteiger partial charge in [-0.05, 0) is 162 Å². The number of aryl methyl sites for hydroxylation is 2. The lowest BCUT2D eigenvalue weighted by molar-refractivity contribution is 0.802. The summed E-state index contributed by atoms with van der Waals surface area (Å²) in [7, 11) is 0. The average molecular weight is 813 g/mol. The Hall–Kier alpha value is -8.00. The van der Waals surface area contributed by atoms with Crippen LogP contribution in [0.15, 0.2) is 158 Å². The fourth-order valence-corrected chi connectivity index (χ4v) is 9.77. The van der Waals surface area contributed by atoms with E-state index < -0.39 is 0 Å². The average Bonchev–Trinajstić information content (AvgIpc) is 3.34. The summed E-state index contributed by atoms with van der Waals surface area (Å²) in [4.78, 5) is 0. The zero-order chi connectivity index (χ0) is 43.0. The molecule has 0 radical (unpaired) electrons. The van der Waals surface area contributed by atoms with Crippen LogP contribution in [0.5, 0.6) is 0 Å². The molecule has 0 saturated heterocycles. The maximum absolute atomic E-state index is 3.75. The first kappa shape index (κ1) is 38.9. The second kappa shape index (κ2) is 16.7. The minimum Gasteiger partial charge on any atom is -0.0654 e. The van der Waals surface area contributed by atoms with E-state index in [1.165, 1.54) is 32.7 Å². The minimum atomic E-state index is 0.957. The van der Waals surface area contributed by atoms with Crippen LogP contribution in [0.25, 0.3) is 108 Å². The fraction of sp³-hybridized carbons (Fsp3) is 0.125. The molecule has 8 bridgehead atoms. The summed E-state index contributed by atoms with van der Waals surface area (Å²) in [5, 5.41) is 22.1. The van der Waals surface area contributed by atoms with E-state index in [0.29, 0.717) is 0 Å². The smallest absolute Gasteiger partial charge is 0.0406 e. The van der Waals surface area contributed by atoms with Gasteiger partial charge in [0.05, 0.1) is 0 Å². The molecule has 0 heteroatoms. The Bertz CT molecular complexity index is 3480. The van der Waals surface area contributed by atoms with Crippen molar-refractivity contribution >= 4 is 108 Å². The van der Waals surface area contributed by atoms with Gasteiger partial charge in [0.2, 0.25) is 0 Å². The summed E-state index contributed by atoms with van der Waals surface area (Å²) >= 11 is 0. The molecule has 300 valence electrons. The molecule has 64 heavy (non-hydrogen) atoms. The van der Waals surface area contributed by atoms with Gasteiger partial charge in [-0.15, -0.1) is 0 Å². The molecule has 0 aromatic heterocycles. The predicted octanol–water partition coefficient (Wildman–Crippen LogP) is 17.1. The third kappa shape index (κ3) is 6.93. The second-order valence-electron chi connectivity index (χ2n) is 16.9. The van der Waals surface area contributed by atoms with Crippen molar-refractivity contribution in [3.05, 3.63) is 217 Å². The van der Waals surface area contributed by atoms with Crippen LogP contribution in [0.1, 0.15) is 50.7 Å². The lowest BCUT2D eigenvalue weighted by Crippen LogP contribution is -1.91. The van der Waals surface area contributed by atoms with E-state index in [2.05, 4.69) is 220 Å². The number of unbranched alkanes of at least 4 members (excludes halogenated alkanes) is 2. The molecule has 0 atom stereocenters. The Morgan fingerprint density at radius 3 is 0.891 bits per heavy atom. The van der Waals surface area contributed by atoms with E-state index >= 15 is 0 Å². The number of hydrogen-bond donors (Lipinski definition) is 0. The normalized spacial score (nSPS) is 11.2. The Morgan fingerprint density at radius 1 is 0.281 bits per heavy atom. The summed E-state index contributed by atoms with van der Waals surface area (Å²) < 4.78 is 0. The highest BCUT2D eigenvalue weighted by Crippen LogP contribution is 2.37. The Morgan fingerprint density at radius 2 is 0.578 bits per heavy atom. The van der Waals surface area contributed by atoms with Crippen LogP contribution in [0, 0.1) is 48.5 Å². The third-order valence-electron chi connectivity index (χ3n) is 13.0. The zero-order valence-electron chi connectivity index (χ0n) is 36.3. The van der Waals surface area contributed by atoms with Gasteiger partial charge in [0.15, 0.2) is 0 Å². The van der Waals surface area contributed by atoms with Crippen molar-refractivity contribution < 1.29 is 0 Å². The lowest BCUT2D eigenvalue weighted by Gasteiger charge is -2.12. The van der Waals surface area contributed by atoms with E-state index in [0.717, 1.165) is 125 Å². The molecule has 0 fully saturated rings. The molecule has 0 aliphatic heterocycles. The Kier molecular flexibility index (Phi) is 10.1. The lowest BCUT2D eigenvalue weighted by atomic mass is 9.91. The quantitative estimate of drug-likeness (QED) is 0.147. The monoisotopic (exact) mass is 812 g/mol. The standard InChI is InChI=1S/C64H44/c1-3-5-19-49-55-25-11-15-45-35-33-43-29-31-44(32-30-43)34-36-46-16-12-26-56-50(20-6-4-2)58-28-14-18-48(64(58)42-62(46)56)38-40-60-53-23-9-7-21-51(53)59(52-22-8-10-24-54(52)60)39-37-47-17-13-27-57(49)63(47)41-61(45)55/h7-18,21-32,41-42H,3-6,19-20H2,1-2H3. The zero-order valence-corrected chi connectivity index (χ0v) is 36.3. The van der Waals surface area contributed by atoms with Crippen LogP contribution in [-0.4, -0.2) is 0 Å². The first-order chi connectivity index (χ1) is 31.7. The molecule has 14 aromatic rings. The van der Waals surface area contributed by atoms with Gasteiger partial charge < -0.3 is 0 Å². The van der Waals surface area contributed by atoms with E-state index in [-0.39, 0.29) is 0 Å². The van der Waals surface area contributed by atoms with E-state index in [1.54, 1.807) is 0 Å². The van der Waals surface area contributed by atoms with Gasteiger partial charge >= 0.3 is 0 Å². The summed E-state index contributed by atoms with van der Waals surface area (Å²) in [5.41, 5.74) is 2.73. The molecular weight excluding hydrogens is 769 g/mol. The minimum absolute atomic E-state index is 0.957. The largest absolute Gasteiger partial charge is 0.0654 e. The predicted molar refractivity (Wildman–Crippen MR) is 273 cm³/mol. The van der Waals surface area contributed by atoms with Gasteiger partial charge in [0.1, 0.15) is 0 Å². The van der Waals surface area contributed by atoms with Gasteiger partial charge in [-0.1, -0.05) is 172 Å². The summed E-state index contributed by atoms with van der Waals surface area (Å²) in [6, 6.07) is 85.8. The molecule has 0 unspecified atom stereocenters. The van der Waals surface area contributed by atoms with Gasteiger partial charge in [-0.2, -0.15) is 0 Å². The molecule has 0 N–H and O–H groups in total. The highest BCUT2D eigenvalue weighted by Gasteiger charge is 2.12. The second-order valence-corrected chi connectivity index (χ2v) is 16.9. The maximum atomic E-state index is 3.75. The maximum Gasteiger partial charge on any atom is 0.0406 e. The molecule has 0 aliphatic rings. The molecule has 0 aliphatic carbocycles. The SMILES string of the molecule is CCCCc1c2cccc3c#cc4ccc(c#cc5cccc6c(CCCC)c7cccc(c#cc8c9ccccc9c(c#cc9cccc1c9cc32)c1ccccc81)c7cc56)cc4. The van der Waals surface area contributed by atoms with Crippen molar-refractivity contribution in [3.63, 3.8) is 0 Å². The first-order valence-electron chi connectivity index (χ1n) is 22.7. The highest BCUT2D eigenvalue weighted by molar-refractivity contribution is 6.24. The molecule has 0 heterocycles. The van der Waals surface area contributed by atoms with Crippen molar-refractivity contribution in [1.29, 1.82) is 0 Å². The van der Waals surface area contributed by atoms with Crippen LogP contribution in [0.4, 0.5) is 0 Å². The van der Waals surface area contributed by atoms with Crippen LogP contribution >= 0.6 is 0 Å². The van der Waals surface area contributed by atoms with Gasteiger partial charge in [-0.3, -0.25) is 0 Å². The first-order valence-corrected chi connectivity index (χ1v) is 22.7. The van der Waals surface area contributed by atoms with E-state index in [9.17, 15) is 0 Å². The number of hydrogen-bond acceptors (Lipinski definition) is 0. The van der Waals surface area contributed by atoms with Crippen molar-refractivity contribution in [3.8, 4) is 0 Å². The van der Waals surface area contributed by atoms with Crippen molar-refractivity contribution in [2.45, 2.75) is 52.4 Å². The van der Waals surface area contributed by atoms with Gasteiger partial charge in [-0.25, -0.2) is 0 Å². The van der Waals surface area contributed by atoms with E-state index in [4.69, 9.17) is 0 Å². The molecule has 14 aromatic carbocycles. The Labute approximate surface area is 375 Å². The van der Waals surface area contributed by atoms with E-state index in [1.807, 2.05) is 0 Å². The fourth-order valence-electron chi connectivity index (χ4n) is 9.77. The molecular formula is C64H44. The molecule has 0 nitrogen and oxygen atoms in total. The van der Waals surface area contributed by atoms with Crippen LogP contribution in [0.3, 0.4) is 0 Å². The summed E-state index contributed by atoms with van der Waals surface area (Å²) in [6.45, 7) is 4.53. The van der Waals surface area contributed by atoms with Crippen molar-refractivity contribution in [2.24, 2.45) is 0 Å². The molecule has 14 rings (SSSR count). The number of benzene rings is 10. The summed E-state index contributed by atoms with van der Waals surface area (Å²) in [6.07, 6.45) is 6.45. The molecule has 0 amide bonds. The third-order valence-corrected chi connectivity index (χ3v) is 13.0. The highest BCUT2D eigenvalue weighted by atomic mass is 14.2. The molecule has 0 spiro atoms. The summed E-state index contributed by atoms with van der Waals surface area (Å²) in [5.74, 6) is 0. The molecule has 0 saturated carbocycles. The Balaban J connectivity index is 1.29. The van der Waals surface area contributed by atoms with Crippen LogP contribution < -0.4 is 0 Å². The van der Waals surface area contributed by atoms with Crippen molar-refractivity contribution in [2.75, 3.05) is 0 Å². The van der Waals surface area contributed by atoms with Gasteiger partial charge in [0.25, 0.3) is 0 Å². The van der Waals surface area contributed by atoms with Crippen LogP contribution in [0.2, 0.25) is 0 Å². The van der Waals surface area contributed by atoms with Gasteiger partial charge in [0, 0.05) is 43.1 Å².